The van der Waals surface area contributed by atoms with E-state index in [2.05, 4.69) is 29.9 Å². The zero-order valence-corrected chi connectivity index (χ0v) is 14.0. The van der Waals surface area contributed by atoms with Crippen LogP contribution in [0.1, 0.15) is 12.2 Å². The summed E-state index contributed by atoms with van der Waals surface area (Å²) in [6.07, 6.45) is 8.20. The summed E-state index contributed by atoms with van der Waals surface area (Å²) in [7, 11) is 0. The standard InChI is InChI=1S/C18H20N6O/c1-4-15(13-19-5-1)17-12-16(25-22-17)14-23-8-3-9-24(11-10-23)18-20-6-2-7-21-18/h1-2,4-7,12-13H,3,8-11,14H2. The number of rotatable bonds is 4. The van der Waals surface area contributed by atoms with Gasteiger partial charge < -0.3 is 9.42 Å². The molecule has 0 unspecified atom stereocenters. The Morgan fingerprint density at radius 3 is 2.76 bits per heavy atom. The lowest BCUT2D eigenvalue weighted by Crippen LogP contribution is -2.31. The van der Waals surface area contributed by atoms with Crippen molar-refractivity contribution < 1.29 is 4.52 Å². The van der Waals surface area contributed by atoms with E-state index in [4.69, 9.17) is 4.52 Å². The van der Waals surface area contributed by atoms with Crippen LogP contribution < -0.4 is 4.90 Å². The van der Waals surface area contributed by atoms with Gasteiger partial charge in [-0.2, -0.15) is 0 Å². The Hall–Kier alpha value is -2.80. The summed E-state index contributed by atoms with van der Waals surface area (Å²) in [5.74, 6) is 1.69. The Morgan fingerprint density at radius 2 is 1.92 bits per heavy atom. The van der Waals surface area contributed by atoms with Crippen molar-refractivity contribution >= 4 is 5.95 Å². The molecule has 0 saturated carbocycles. The molecule has 0 amide bonds. The second-order valence-electron chi connectivity index (χ2n) is 6.09. The van der Waals surface area contributed by atoms with E-state index in [1.807, 2.05) is 24.3 Å². The third-order valence-corrected chi connectivity index (χ3v) is 4.32. The summed E-state index contributed by atoms with van der Waals surface area (Å²) in [5.41, 5.74) is 1.80. The van der Waals surface area contributed by atoms with Gasteiger partial charge in [0.25, 0.3) is 0 Å². The number of nitrogens with zero attached hydrogens (tertiary/aromatic N) is 6. The van der Waals surface area contributed by atoms with Gasteiger partial charge in [0.15, 0.2) is 5.76 Å². The van der Waals surface area contributed by atoms with Crippen LogP contribution in [0.3, 0.4) is 0 Å². The van der Waals surface area contributed by atoms with Crippen LogP contribution in [0.2, 0.25) is 0 Å². The predicted molar refractivity (Wildman–Crippen MR) is 93.9 cm³/mol. The fourth-order valence-corrected chi connectivity index (χ4v) is 3.04. The van der Waals surface area contributed by atoms with Gasteiger partial charge in [-0.25, -0.2) is 9.97 Å². The van der Waals surface area contributed by atoms with Crippen LogP contribution in [0.15, 0.2) is 53.6 Å². The van der Waals surface area contributed by atoms with Gasteiger partial charge in [-0.1, -0.05) is 5.16 Å². The molecule has 0 aromatic carbocycles. The third-order valence-electron chi connectivity index (χ3n) is 4.32. The van der Waals surface area contributed by atoms with E-state index in [1.54, 1.807) is 24.8 Å². The van der Waals surface area contributed by atoms with Crippen molar-refractivity contribution in [1.82, 2.24) is 25.0 Å². The number of hydrogen-bond acceptors (Lipinski definition) is 7. The molecule has 1 aliphatic heterocycles. The van der Waals surface area contributed by atoms with Crippen molar-refractivity contribution in [3.8, 4) is 11.3 Å². The Labute approximate surface area is 146 Å². The maximum Gasteiger partial charge on any atom is 0.225 e. The van der Waals surface area contributed by atoms with Gasteiger partial charge in [0.1, 0.15) is 5.69 Å². The summed E-state index contributed by atoms with van der Waals surface area (Å²) in [6.45, 7) is 4.61. The topological polar surface area (TPSA) is 71.2 Å². The van der Waals surface area contributed by atoms with E-state index in [9.17, 15) is 0 Å². The van der Waals surface area contributed by atoms with E-state index in [0.29, 0.717) is 0 Å². The molecular weight excluding hydrogens is 316 g/mol. The van der Waals surface area contributed by atoms with Crippen LogP contribution in [0.4, 0.5) is 5.95 Å². The van der Waals surface area contributed by atoms with E-state index in [-0.39, 0.29) is 0 Å². The number of hydrogen-bond donors (Lipinski definition) is 0. The summed E-state index contributed by atoms with van der Waals surface area (Å²) >= 11 is 0. The summed E-state index contributed by atoms with van der Waals surface area (Å²) in [4.78, 5) is 17.5. The van der Waals surface area contributed by atoms with Gasteiger partial charge in [0.2, 0.25) is 5.95 Å². The van der Waals surface area contributed by atoms with Crippen LogP contribution in [-0.2, 0) is 6.54 Å². The zero-order chi connectivity index (χ0) is 16.9. The van der Waals surface area contributed by atoms with Crippen LogP contribution in [-0.4, -0.2) is 51.2 Å². The molecule has 4 rings (SSSR count). The predicted octanol–water partition coefficient (Wildman–Crippen LogP) is 2.24. The largest absolute Gasteiger partial charge is 0.359 e. The normalized spacial score (nSPS) is 15.9. The van der Waals surface area contributed by atoms with Crippen molar-refractivity contribution in [1.29, 1.82) is 0 Å². The monoisotopic (exact) mass is 336 g/mol. The average molecular weight is 336 g/mol. The quantitative estimate of drug-likeness (QED) is 0.723. The molecule has 0 aliphatic carbocycles. The van der Waals surface area contributed by atoms with Gasteiger partial charge in [0.05, 0.1) is 6.54 Å². The van der Waals surface area contributed by atoms with Crippen LogP contribution >= 0.6 is 0 Å². The molecule has 0 radical (unpaired) electrons. The minimum Gasteiger partial charge on any atom is -0.359 e. The van der Waals surface area contributed by atoms with Gasteiger partial charge in [-0.05, 0) is 24.6 Å². The minimum atomic E-state index is 0.761. The number of pyridine rings is 1. The second kappa shape index (κ2) is 7.40. The maximum atomic E-state index is 5.52. The van der Waals surface area contributed by atoms with E-state index < -0.39 is 0 Å². The first-order valence-electron chi connectivity index (χ1n) is 8.49. The molecule has 0 bridgehead atoms. The van der Waals surface area contributed by atoms with Gasteiger partial charge in [-0.3, -0.25) is 9.88 Å². The van der Waals surface area contributed by atoms with Crippen LogP contribution in [0.25, 0.3) is 11.3 Å². The molecule has 128 valence electrons. The molecule has 3 aromatic rings. The Kier molecular flexibility index (Phi) is 4.65. The highest BCUT2D eigenvalue weighted by Gasteiger charge is 2.18. The number of anilines is 1. The van der Waals surface area contributed by atoms with Crippen molar-refractivity contribution in [3.63, 3.8) is 0 Å². The highest BCUT2D eigenvalue weighted by molar-refractivity contribution is 5.57. The zero-order valence-electron chi connectivity index (χ0n) is 14.0. The SMILES string of the molecule is c1cnc(N2CCCN(Cc3cc(-c4cccnc4)no3)CC2)nc1. The van der Waals surface area contributed by atoms with Gasteiger partial charge >= 0.3 is 0 Å². The molecule has 0 atom stereocenters. The Morgan fingerprint density at radius 1 is 1.00 bits per heavy atom. The van der Waals surface area contributed by atoms with Gasteiger partial charge in [-0.15, -0.1) is 0 Å². The van der Waals surface area contributed by atoms with E-state index in [1.165, 1.54) is 0 Å². The fourth-order valence-electron chi connectivity index (χ4n) is 3.04. The smallest absolute Gasteiger partial charge is 0.225 e. The van der Waals surface area contributed by atoms with Crippen molar-refractivity contribution in [2.24, 2.45) is 0 Å². The summed E-state index contributed by atoms with van der Waals surface area (Å²) < 4.78 is 5.52. The lowest BCUT2D eigenvalue weighted by Gasteiger charge is -2.20. The lowest BCUT2D eigenvalue weighted by atomic mass is 10.2. The van der Waals surface area contributed by atoms with Crippen LogP contribution in [0, 0.1) is 0 Å². The third kappa shape index (κ3) is 3.83. The minimum absolute atomic E-state index is 0.761. The van der Waals surface area contributed by atoms with Crippen LogP contribution in [0.5, 0.6) is 0 Å². The molecule has 4 heterocycles. The molecule has 7 nitrogen and oxygen atoms in total. The molecule has 0 N–H and O–H groups in total. The van der Waals surface area contributed by atoms with Crippen molar-refractivity contribution in [2.75, 3.05) is 31.1 Å². The maximum absolute atomic E-state index is 5.52. The average Bonchev–Trinajstić information content (AvgIpc) is 3.01. The molecule has 1 fully saturated rings. The molecule has 1 saturated heterocycles. The summed E-state index contributed by atoms with van der Waals surface area (Å²) in [5, 5.41) is 4.17. The lowest BCUT2D eigenvalue weighted by molar-refractivity contribution is 0.245. The first-order chi connectivity index (χ1) is 12.4. The van der Waals surface area contributed by atoms with E-state index in [0.717, 1.165) is 62.1 Å². The molecule has 1 aliphatic rings. The first kappa shape index (κ1) is 15.7. The molecular formula is C18H20N6O. The Balaban J connectivity index is 1.38. The molecule has 0 spiro atoms. The van der Waals surface area contributed by atoms with Gasteiger partial charge in [0, 0.05) is 62.6 Å². The molecule has 3 aromatic heterocycles. The second-order valence-corrected chi connectivity index (χ2v) is 6.09. The fraction of sp³-hybridized carbons (Fsp3) is 0.333. The molecule has 7 heteroatoms. The number of aromatic nitrogens is 4. The highest BCUT2D eigenvalue weighted by atomic mass is 16.5. The Bertz CT molecular complexity index is 792. The van der Waals surface area contributed by atoms with Crippen molar-refractivity contribution in [3.05, 3.63) is 54.8 Å². The first-order valence-corrected chi connectivity index (χ1v) is 8.49. The van der Waals surface area contributed by atoms with Crippen molar-refractivity contribution in [2.45, 2.75) is 13.0 Å². The summed E-state index contributed by atoms with van der Waals surface area (Å²) in [6, 6.07) is 7.73. The highest BCUT2D eigenvalue weighted by Crippen LogP contribution is 2.19. The van der Waals surface area contributed by atoms with E-state index >= 15 is 0 Å². The molecule has 25 heavy (non-hydrogen) atoms.